The van der Waals surface area contributed by atoms with E-state index in [1.807, 2.05) is 35.7 Å². The number of carbonyl (C=O) groups excluding carboxylic acids is 1. The topological polar surface area (TPSA) is 69.9 Å². The smallest absolute Gasteiger partial charge is 0.338 e. The number of hydrogen-bond donors (Lipinski definition) is 0. The molecule has 162 valence electrons. The maximum atomic E-state index is 13.4. The molecule has 32 heavy (non-hydrogen) atoms. The molecule has 0 saturated heterocycles. The Bertz CT molecular complexity index is 1390. The van der Waals surface area contributed by atoms with E-state index in [1.165, 1.54) is 22.7 Å². The summed E-state index contributed by atoms with van der Waals surface area (Å²) in [5.74, 6) is 2.63. The summed E-state index contributed by atoms with van der Waals surface area (Å²) in [5, 5.41) is 1.92. The van der Waals surface area contributed by atoms with Gasteiger partial charge in [0.1, 0.15) is 18.4 Å². The van der Waals surface area contributed by atoms with E-state index in [-0.39, 0.29) is 18.8 Å². The van der Waals surface area contributed by atoms with Gasteiger partial charge in [0.05, 0.1) is 22.4 Å². The van der Waals surface area contributed by atoms with Crippen molar-refractivity contribution in [1.82, 2.24) is 4.57 Å². The number of hydrogen-bond acceptors (Lipinski definition) is 7. The quantitative estimate of drug-likeness (QED) is 0.416. The van der Waals surface area contributed by atoms with Crippen molar-refractivity contribution < 1.29 is 14.3 Å². The van der Waals surface area contributed by atoms with Crippen molar-refractivity contribution >= 4 is 34.7 Å². The summed E-state index contributed by atoms with van der Waals surface area (Å²) in [4.78, 5) is 32.2. The van der Waals surface area contributed by atoms with Gasteiger partial charge < -0.3 is 9.47 Å². The highest BCUT2D eigenvalue weighted by molar-refractivity contribution is 7.10. The van der Waals surface area contributed by atoms with Crippen molar-refractivity contribution in [2.45, 2.75) is 19.9 Å². The second kappa shape index (κ2) is 9.39. The lowest BCUT2D eigenvalue weighted by atomic mass is 10.0. The van der Waals surface area contributed by atoms with Crippen molar-refractivity contribution in [1.29, 1.82) is 0 Å². The van der Waals surface area contributed by atoms with Crippen LogP contribution in [0.1, 0.15) is 30.3 Å². The zero-order valence-corrected chi connectivity index (χ0v) is 19.2. The number of allylic oxidation sites excluding steroid dienone is 1. The largest absolute Gasteiger partial charge is 0.481 e. The number of fused-ring (bicyclic) bond motifs is 1. The lowest BCUT2D eigenvalue weighted by molar-refractivity contribution is -0.139. The summed E-state index contributed by atoms with van der Waals surface area (Å²) >= 11 is 2.78. The number of aromatic nitrogens is 1. The third-order valence-electron chi connectivity index (χ3n) is 4.83. The molecule has 3 aromatic rings. The van der Waals surface area contributed by atoms with Crippen LogP contribution in [0, 0.1) is 12.3 Å². The van der Waals surface area contributed by atoms with E-state index in [0.29, 0.717) is 26.4 Å². The number of thiazole rings is 1. The van der Waals surface area contributed by atoms with E-state index in [9.17, 15) is 9.59 Å². The highest BCUT2D eigenvalue weighted by atomic mass is 32.1. The maximum absolute atomic E-state index is 13.4. The summed E-state index contributed by atoms with van der Waals surface area (Å²) in [6, 6.07) is 10.6. The number of carbonyl (C=O) groups is 1. The van der Waals surface area contributed by atoms with E-state index in [4.69, 9.17) is 15.9 Å². The number of nitrogens with zero attached hydrogens (tertiary/aromatic N) is 2. The first-order valence-corrected chi connectivity index (χ1v) is 11.6. The Balaban J connectivity index is 1.82. The maximum Gasteiger partial charge on any atom is 0.338 e. The highest BCUT2D eigenvalue weighted by Crippen LogP contribution is 2.33. The normalized spacial score (nSPS) is 15.7. The number of terminal acetylenes is 1. The summed E-state index contributed by atoms with van der Waals surface area (Å²) in [6.07, 6.45) is 7.03. The Hall–Kier alpha value is -3.41. The lowest BCUT2D eigenvalue weighted by Gasteiger charge is -2.23. The number of ether oxygens (including phenoxy) is 2. The molecule has 0 radical (unpaired) electrons. The first-order valence-electron chi connectivity index (χ1n) is 9.93. The molecule has 0 unspecified atom stereocenters. The number of rotatable bonds is 6. The average molecular weight is 465 g/mol. The summed E-state index contributed by atoms with van der Waals surface area (Å²) in [5.41, 5.74) is 1.60. The van der Waals surface area contributed by atoms with Crippen molar-refractivity contribution in [3.63, 3.8) is 0 Å². The van der Waals surface area contributed by atoms with Crippen LogP contribution in [0.15, 0.2) is 62.8 Å². The summed E-state index contributed by atoms with van der Waals surface area (Å²) < 4.78 is 12.8. The molecule has 0 N–H and O–H groups in total. The van der Waals surface area contributed by atoms with Gasteiger partial charge in [0, 0.05) is 4.88 Å². The Morgan fingerprint density at radius 2 is 2.09 bits per heavy atom. The van der Waals surface area contributed by atoms with Gasteiger partial charge in [-0.3, -0.25) is 9.36 Å². The zero-order valence-electron chi connectivity index (χ0n) is 17.5. The lowest BCUT2D eigenvalue weighted by Crippen LogP contribution is -2.39. The third-order valence-corrected chi connectivity index (χ3v) is 6.74. The van der Waals surface area contributed by atoms with Crippen LogP contribution in [0.3, 0.4) is 0 Å². The van der Waals surface area contributed by atoms with Gasteiger partial charge in [-0.15, -0.1) is 17.8 Å². The van der Waals surface area contributed by atoms with Gasteiger partial charge in [0.2, 0.25) is 0 Å². The molecule has 4 rings (SSSR count). The number of esters is 1. The van der Waals surface area contributed by atoms with Gasteiger partial charge in [0.15, 0.2) is 4.80 Å². The van der Waals surface area contributed by atoms with Crippen LogP contribution in [0.2, 0.25) is 0 Å². The number of benzene rings is 1. The van der Waals surface area contributed by atoms with Gasteiger partial charge in [-0.05, 0) is 49.1 Å². The summed E-state index contributed by atoms with van der Waals surface area (Å²) in [7, 11) is 0. The Labute approximate surface area is 192 Å². The van der Waals surface area contributed by atoms with Gasteiger partial charge in [-0.25, -0.2) is 9.79 Å². The third kappa shape index (κ3) is 4.17. The van der Waals surface area contributed by atoms with Crippen molar-refractivity contribution in [3.05, 3.63) is 83.2 Å². The molecule has 1 aliphatic rings. The molecule has 0 spiro atoms. The molecule has 3 heterocycles. The predicted molar refractivity (Wildman–Crippen MR) is 125 cm³/mol. The van der Waals surface area contributed by atoms with Gasteiger partial charge in [-0.1, -0.05) is 35.5 Å². The van der Waals surface area contributed by atoms with Crippen LogP contribution in [0.4, 0.5) is 0 Å². The van der Waals surface area contributed by atoms with Gasteiger partial charge >= 0.3 is 5.97 Å². The van der Waals surface area contributed by atoms with Crippen LogP contribution in [0.25, 0.3) is 6.08 Å². The molecular formula is C24H20N2O4S2. The highest BCUT2D eigenvalue weighted by Gasteiger charge is 2.33. The Kier molecular flexibility index (Phi) is 6.40. The van der Waals surface area contributed by atoms with E-state index in [0.717, 1.165) is 10.4 Å². The van der Waals surface area contributed by atoms with Crippen molar-refractivity contribution in [3.8, 4) is 18.1 Å². The molecule has 0 fully saturated rings. The molecule has 1 aromatic carbocycles. The van der Waals surface area contributed by atoms with E-state index >= 15 is 0 Å². The minimum Gasteiger partial charge on any atom is -0.481 e. The zero-order chi connectivity index (χ0) is 22.7. The number of thiophene rings is 1. The van der Waals surface area contributed by atoms with Crippen LogP contribution in [0.5, 0.6) is 5.75 Å². The van der Waals surface area contributed by atoms with Crippen LogP contribution in [-0.2, 0) is 9.53 Å². The van der Waals surface area contributed by atoms with Crippen molar-refractivity contribution in [2.24, 2.45) is 4.99 Å². The van der Waals surface area contributed by atoms with Crippen LogP contribution in [-0.4, -0.2) is 23.8 Å². The Morgan fingerprint density at radius 3 is 2.75 bits per heavy atom. The molecule has 0 amide bonds. The molecule has 6 nitrogen and oxygen atoms in total. The first kappa shape index (κ1) is 21.8. The summed E-state index contributed by atoms with van der Waals surface area (Å²) in [6.45, 7) is 3.98. The minimum atomic E-state index is -0.563. The minimum absolute atomic E-state index is 0.197. The molecule has 1 aliphatic heterocycles. The average Bonchev–Trinajstić information content (AvgIpc) is 3.41. The fourth-order valence-electron chi connectivity index (χ4n) is 3.44. The molecule has 0 saturated carbocycles. The van der Waals surface area contributed by atoms with Crippen LogP contribution < -0.4 is 19.6 Å². The molecule has 0 bridgehead atoms. The molecular weight excluding hydrogens is 444 g/mol. The van der Waals surface area contributed by atoms with Crippen LogP contribution >= 0.6 is 22.7 Å². The molecule has 2 aromatic heterocycles. The van der Waals surface area contributed by atoms with Crippen molar-refractivity contribution in [2.75, 3.05) is 13.2 Å². The monoisotopic (exact) mass is 464 g/mol. The fraction of sp³-hybridized carbons (Fsp3) is 0.208. The second-order valence-electron chi connectivity index (χ2n) is 6.88. The van der Waals surface area contributed by atoms with E-state index in [1.54, 1.807) is 30.5 Å². The van der Waals surface area contributed by atoms with Gasteiger partial charge in [0.25, 0.3) is 5.56 Å². The van der Waals surface area contributed by atoms with E-state index in [2.05, 4.69) is 10.9 Å². The standard InChI is InChI=1S/C24H20N2O4S2/c1-4-12-30-17-10-8-16(9-11-17)14-19-22(27)26-21(18-7-6-13-31-18)20(23(28)29-5-2)15(3)25-24(26)32-19/h1,6-11,13-14,21H,5,12H2,2-3H3/b19-14-/t21-/m1/s1. The second-order valence-corrected chi connectivity index (χ2v) is 8.87. The fourth-order valence-corrected chi connectivity index (χ4v) is 5.31. The Morgan fingerprint density at radius 1 is 1.31 bits per heavy atom. The SMILES string of the molecule is C#CCOc1ccc(/C=c2\sc3n(c2=O)[C@H](c2cccs2)C(C(=O)OCC)=C(C)N=3)cc1. The van der Waals surface area contributed by atoms with Gasteiger partial charge in [-0.2, -0.15) is 0 Å². The molecule has 8 heteroatoms. The predicted octanol–water partition coefficient (Wildman–Crippen LogP) is 2.87. The van der Waals surface area contributed by atoms with E-state index < -0.39 is 12.0 Å². The first-order chi connectivity index (χ1) is 15.5. The molecule has 1 atom stereocenters. The molecule has 0 aliphatic carbocycles.